The third-order valence-electron chi connectivity index (χ3n) is 5.81. The second kappa shape index (κ2) is 9.72. The SMILES string of the molecule is COc1ccc(C2=NN(c3ccc([N+](=O)[O-])cc3)[C@@H](c3ccc(OC)c(OC)c3C(=O)O)C2)cc1. The minimum absolute atomic E-state index is 0.0325. The lowest BCUT2D eigenvalue weighted by atomic mass is 9.93. The summed E-state index contributed by atoms with van der Waals surface area (Å²) >= 11 is 0. The summed E-state index contributed by atoms with van der Waals surface area (Å²) in [6, 6.07) is 16.2. The van der Waals surface area contributed by atoms with E-state index in [1.165, 1.54) is 26.4 Å². The summed E-state index contributed by atoms with van der Waals surface area (Å²) < 4.78 is 15.9. The fourth-order valence-electron chi connectivity index (χ4n) is 4.12. The number of nitro benzene ring substituents is 1. The van der Waals surface area contributed by atoms with Gasteiger partial charge in [0.15, 0.2) is 11.5 Å². The Hall–Kier alpha value is -4.60. The number of aromatic carboxylic acids is 1. The van der Waals surface area contributed by atoms with E-state index in [4.69, 9.17) is 19.3 Å². The van der Waals surface area contributed by atoms with Gasteiger partial charge in [0, 0.05) is 18.6 Å². The molecule has 0 fully saturated rings. The first kappa shape index (κ1) is 23.6. The first-order valence-corrected chi connectivity index (χ1v) is 10.6. The van der Waals surface area contributed by atoms with Crippen LogP contribution in [0.4, 0.5) is 11.4 Å². The molecule has 0 bridgehead atoms. The molecule has 1 aliphatic rings. The van der Waals surface area contributed by atoms with Gasteiger partial charge in [0.25, 0.3) is 5.69 Å². The van der Waals surface area contributed by atoms with Crippen molar-refractivity contribution in [3.63, 3.8) is 0 Å². The van der Waals surface area contributed by atoms with Crippen molar-refractivity contribution in [2.45, 2.75) is 12.5 Å². The highest BCUT2D eigenvalue weighted by atomic mass is 16.6. The Balaban J connectivity index is 1.84. The van der Waals surface area contributed by atoms with Crippen LogP contribution in [0.5, 0.6) is 17.2 Å². The molecule has 10 nitrogen and oxygen atoms in total. The second-order valence-electron chi connectivity index (χ2n) is 7.68. The van der Waals surface area contributed by atoms with Crippen LogP contribution in [0.15, 0.2) is 65.8 Å². The minimum Gasteiger partial charge on any atom is -0.497 e. The van der Waals surface area contributed by atoms with Crippen LogP contribution >= 0.6 is 0 Å². The first-order valence-electron chi connectivity index (χ1n) is 10.6. The quantitative estimate of drug-likeness (QED) is 0.367. The highest BCUT2D eigenvalue weighted by Gasteiger charge is 2.35. The lowest BCUT2D eigenvalue weighted by molar-refractivity contribution is -0.384. The molecule has 10 heteroatoms. The van der Waals surface area contributed by atoms with Gasteiger partial charge in [-0.1, -0.05) is 6.07 Å². The number of carboxylic acids is 1. The Labute approximate surface area is 201 Å². The molecule has 0 aromatic heterocycles. The molecule has 1 N–H and O–H groups in total. The van der Waals surface area contributed by atoms with Crippen LogP contribution in [0.3, 0.4) is 0 Å². The Morgan fingerprint density at radius 1 is 1.00 bits per heavy atom. The van der Waals surface area contributed by atoms with Crippen molar-refractivity contribution in [3.05, 3.63) is 87.5 Å². The Kier molecular flexibility index (Phi) is 6.54. The van der Waals surface area contributed by atoms with Crippen LogP contribution in [0.1, 0.15) is 33.9 Å². The highest BCUT2D eigenvalue weighted by molar-refractivity contribution is 6.04. The van der Waals surface area contributed by atoms with Crippen LogP contribution in [0.2, 0.25) is 0 Å². The number of carboxylic acid groups (broad SMARTS) is 1. The van der Waals surface area contributed by atoms with Gasteiger partial charge >= 0.3 is 5.97 Å². The molecule has 0 unspecified atom stereocenters. The number of anilines is 1. The van der Waals surface area contributed by atoms with Crippen LogP contribution in [-0.4, -0.2) is 43.0 Å². The van der Waals surface area contributed by atoms with E-state index in [1.807, 2.05) is 24.3 Å². The summed E-state index contributed by atoms with van der Waals surface area (Å²) in [5, 5.41) is 27.7. The molecule has 3 aromatic rings. The van der Waals surface area contributed by atoms with Gasteiger partial charge in [0.2, 0.25) is 0 Å². The van der Waals surface area contributed by atoms with Crippen LogP contribution in [0.25, 0.3) is 0 Å². The topological polar surface area (TPSA) is 124 Å². The number of hydrogen-bond donors (Lipinski definition) is 1. The van der Waals surface area contributed by atoms with Gasteiger partial charge in [-0.15, -0.1) is 0 Å². The number of rotatable bonds is 8. The van der Waals surface area contributed by atoms with E-state index in [0.29, 0.717) is 29.2 Å². The average Bonchev–Trinajstić information content (AvgIpc) is 3.33. The van der Waals surface area contributed by atoms with Gasteiger partial charge < -0.3 is 19.3 Å². The summed E-state index contributed by atoms with van der Waals surface area (Å²) in [6.07, 6.45) is 0.388. The lowest BCUT2D eigenvalue weighted by Gasteiger charge is -2.26. The van der Waals surface area contributed by atoms with E-state index in [1.54, 1.807) is 36.4 Å². The number of non-ortho nitro benzene ring substituents is 1. The largest absolute Gasteiger partial charge is 0.497 e. The second-order valence-corrected chi connectivity index (χ2v) is 7.68. The summed E-state index contributed by atoms with van der Waals surface area (Å²) in [7, 11) is 4.40. The van der Waals surface area contributed by atoms with Gasteiger partial charge in [0.1, 0.15) is 11.3 Å². The maximum Gasteiger partial charge on any atom is 0.339 e. The van der Waals surface area contributed by atoms with E-state index >= 15 is 0 Å². The molecule has 180 valence electrons. The van der Waals surface area contributed by atoms with Crippen molar-refractivity contribution >= 4 is 23.1 Å². The van der Waals surface area contributed by atoms with Crippen LogP contribution < -0.4 is 19.2 Å². The molecule has 0 saturated carbocycles. The van der Waals surface area contributed by atoms with Crippen LogP contribution in [0, 0.1) is 10.1 Å². The maximum absolute atomic E-state index is 12.3. The number of hydrogen-bond acceptors (Lipinski definition) is 8. The van der Waals surface area contributed by atoms with E-state index in [2.05, 4.69) is 0 Å². The van der Waals surface area contributed by atoms with Crippen molar-refractivity contribution in [2.75, 3.05) is 26.3 Å². The molecule has 3 aromatic carbocycles. The third-order valence-corrected chi connectivity index (χ3v) is 5.81. The minimum atomic E-state index is -1.17. The molecule has 0 saturated heterocycles. The molecule has 1 aliphatic heterocycles. The van der Waals surface area contributed by atoms with Gasteiger partial charge in [-0.3, -0.25) is 15.1 Å². The van der Waals surface area contributed by atoms with Gasteiger partial charge in [-0.05, 0) is 53.6 Å². The number of nitro groups is 1. The fraction of sp³-hybridized carbons (Fsp3) is 0.200. The molecule has 0 spiro atoms. The first-order chi connectivity index (χ1) is 16.9. The molecule has 1 atom stereocenters. The number of nitrogens with zero attached hydrogens (tertiary/aromatic N) is 3. The number of benzene rings is 3. The predicted molar refractivity (Wildman–Crippen MR) is 129 cm³/mol. The Morgan fingerprint density at radius 2 is 1.69 bits per heavy atom. The van der Waals surface area contributed by atoms with Crippen LogP contribution in [-0.2, 0) is 0 Å². The monoisotopic (exact) mass is 477 g/mol. The predicted octanol–water partition coefficient (Wildman–Crippen LogP) is 4.67. The van der Waals surface area contributed by atoms with Crippen molar-refractivity contribution in [2.24, 2.45) is 5.10 Å². The maximum atomic E-state index is 12.3. The zero-order valence-corrected chi connectivity index (χ0v) is 19.3. The highest BCUT2D eigenvalue weighted by Crippen LogP contribution is 2.43. The summed E-state index contributed by atoms with van der Waals surface area (Å²) in [6.45, 7) is 0. The summed E-state index contributed by atoms with van der Waals surface area (Å²) in [5.74, 6) is -0.0645. The van der Waals surface area contributed by atoms with E-state index in [-0.39, 0.29) is 17.0 Å². The molecule has 4 rings (SSSR count). The van der Waals surface area contributed by atoms with Crippen molar-refractivity contribution < 1.29 is 29.0 Å². The van der Waals surface area contributed by atoms with Crippen molar-refractivity contribution in [1.82, 2.24) is 0 Å². The molecule has 0 radical (unpaired) electrons. The van der Waals surface area contributed by atoms with Crippen molar-refractivity contribution in [1.29, 1.82) is 0 Å². The average molecular weight is 477 g/mol. The Bertz CT molecular complexity index is 1290. The van der Waals surface area contributed by atoms with Gasteiger partial charge in [-0.2, -0.15) is 5.10 Å². The van der Waals surface area contributed by atoms with Gasteiger partial charge in [0.05, 0.1) is 43.7 Å². The van der Waals surface area contributed by atoms with E-state index in [0.717, 1.165) is 11.3 Å². The van der Waals surface area contributed by atoms with E-state index in [9.17, 15) is 20.0 Å². The molecule has 0 amide bonds. The smallest absolute Gasteiger partial charge is 0.339 e. The molecule has 35 heavy (non-hydrogen) atoms. The van der Waals surface area contributed by atoms with Crippen molar-refractivity contribution in [3.8, 4) is 17.2 Å². The molecule has 0 aliphatic carbocycles. The van der Waals surface area contributed by atoms with Gasteiger partial charge in [-0.25, -0.2) is 4.79 Å². The normalized spacial score (nSPS) is 14.9. The molecule has 1 heterocycles. The molecular weight excluding hydrogens is 454 g/mol. The lowest BCUT2D eigenvalue weighted by Crippen LogP contribution is -2.21. The number of methoxy groups -OCH3 is 3. The molecular formula is C25H23N3O7. The Morgan fingerprint density at radius 3 is 2.23 bits per heavy atom. The number of ether oxygens (including phenoxy) is 3. The summed E-state index contributed by atoms with van der Waals surface area (Å²) in [5.41, 5.74) is 2.53. The third kappa shape index (κ3) is 4.45. The zero-order valence-electron chi connectivity index (χ0n) is 19.3. The summed E-state index contributed by atoms with van der Waals surface area (Å²) in [4.78, 5) is 23.0. The zero-order chi connectivity index (χ0) is 25.1. The number of hydrazone groups is 1. The fourth-order valence-corrected chi connectivity index (χ4v) is 4.12. The standard InChI is InChI=1S/C25H23N3O7/c1-33-18-10-4-15(5-11-18)20-14-21(27(26-20)16-6-8-17(9-7-16)28(31)32)19-12-13-22(34-2)24(35-3)23(19)25(29)30/h4-13,21H,14H2,1-3H3,(H,29,30)/t21-/m1/s1. The number of carbonyl (C=O) groups is 1. The van der Waals surface area contributed by atoms with E-state index < -0.39 is 16.9 Å².